The van der Waals surface area contributed by atoms with Crippen molar-refractivity contribution in [3.63, 3.8) is 0 Å². The molecule has 0 unspecified atom stereocenters. The Kier molecular flexibility index (Phi) is 5.36. The monoisotopic (exact) mass is 356 g/mol. The van der Waals surface area contributed by atoms with E-state index in [0.717, 1.165) is 22.6 Å². The summed E-state index contributed by atoms with van der Waals surface area (Å²) in [5.41, 5.74) is 5.07. The van der Waals surface area contributed by atoms with Gasteiger partial charge in [-0.3, -0.25) is 4.79 Å². The third kappa shape index (κ3) is 4.84. The van der Waals surface area contributed by atoms with Gasteiger partial charge in [0.1, 0.15) is 0 Å². The molecule has 2 aromatic rings. The van der Waals surface area contributed by atoms with Gasteiger partial charge < -0.3 is 9.47 Å². The van der Waals surface area contributed by atoms with Crippen molar-refractivity contribution in [2.24, 2.45) is 5.10 Å². The number of amides is 1. The number of hydrogen-bond donors (Lipinski definition) is 1. The lowest BCUT2D eigenvalue weighted by Crippen LogP contribution is -2.20. The van der Waals surface area contributed by atoms with Crippen molar-refractivity contribution < 1.29 is 14.3 Å². The zero-order chi connectivity index (χ0) is 17.6. The summed E-state index contributed by atoms with van der Waals surface area (Å²) >= 11 is 5.82. The molecule has 128 valence electrons. The molecular weight excluding hydrogens is 340 g/mol. The summed E-state index contributed by atoms with van der Waals surface area (Å²) in [6, 6.07) is 12.8. The molecule has 6 heteroatoms. The van der Waals surface area contributed by atoms with Crippen LogP contribution in [0.4, 0.5) is 0 Å². The molecule has 1 aliphatic heterocycles. The summed E-state index contributed by atoms with van der Waals surface area (Å²) in [4.78, 5) is 11.9. The predicted octanol–water partition coefficient (Wildman–Crippen LogP) is 3.82. The van der Waals surface area contributed by atoms with Gasteiger partial charge in [-0.2, -0.15) is 5.10 Å². The van der Waals surface area contributed by atoms with Gasteiger partial charge >= 0.3 is 0 Å². The highest BCUT2D eigenvalue weighted by atomic mass is 35.5. The molecule has 0 radical (unpaired) electrons. The zero-order valence-corrected chi connectivity index (χ0v) is 14.4. The second-order valence-corrected chi connectivity index (χ2v) is 5.97. The molecule has 0 saturated carbocycles. The van der Waals surface area contributed by atoms with Crippen molar-refractivity contribution in [1.82, 2.24) is 5.43 Å². The van der Waals surface area contributed by atoms with E-state index in [1.54, 1.807) is 12.1 Å². The number of nitrogens with zero attached hydrogens (tertiary/aromatic N) is 1. The number of ether oxygens (including phenoxy) is 2. The molecule has 2 aromatic carbocycles. The van der Waals surface area contributed by atoms with E-state index in [0.29, 0.717) is 10.7 Å². The maximum atomic E-state index is 11.9. The molecule has 0 fully saturated rings. The number of rotatable bonds is 5. The number of carbonyl (C=O) groups excluding carboxylic acids is 1. The fraction of sp³-hybridized carbons (Fsp3) is 0.158. The van der Waals surface area contributed by atoms with E-state index in [4.69, 9.17) is 21.1 Å². The van der Waals surface area contributed by atoms with Gasteiger partial charge in [0, 0.05) is 5.02 Å². The average molecular weight is 357 g/mol. The van der Waals surface area contributed by atoms with Crippen LogP contribution in [0.3, 0.4) is 0 Å². The number of carbonyl (C=O) groups is 1. The number of hydrogen-bond acceptors (Lipinski definition) is 4. The van der Waals surface area contributed by atoms with Crippen LogP contribution < -0.4 is 14.9 Å². The normalized spacial score (nSPS) is 13.3. The Hall–Kier alpha value is -2.79. The van der Waals surface area contributed by atoms with Crippen LogP contribution in [-0.4, -0.2) is 18.4 Å². The van der Waals surface area contributed by atoms with Crippen molar-refractivity contribution in [1.29, 1.82) is 0 Å². The minimum Gasteiger partial charge on any atom is -0.454 e. The highest BCUT2D eigenvalue weighted by Crippen LogP contribution is 2.32. The van der Waals surface area contributed by atoms with Crippen LogP contribution in [0.25, 0.3) is 6.08 Å². The van der Waals surface area contributed by atoms with Crippen LogP contribution in [0.5, 0.6) is 11.5 Å². The van der Waals surface area contributed by atoms with Crippen LogP contribution >= 0.6 is 11.6 Å². The first kappa shape index (κ1) is 17.0. The first-order chi connectivity index (χ1) is 12.1. The molecule has 0 spiro atoms. The predicted molar refractivity (Wildman–Crippen MR) is 98.0 cm³/mol. The summed E-state index contributed by atoms with van der Waals surface area (Å²) in [5, 5.41) is 4.72. The van der Waals surface area contributed by atoms with Gasteiger partial charge in [0.25, 0.3) is 0 Å². The number of benzene rings is 2. The van der Waals surface area contributed by atoms with Crippen LogP contribution in [0.2, 0.25) is 5.02 Å². The number of hydrazone groups is 1. The molecule has 5 nitrogen and oxygen atoms in total. The van der Waals surface area contributed by atoms with Gasteiger partial charge in [0.05, 0.1) is 12.1 Å². The third-order valence-electron chi connectivity index (χ3n) is 3.55. The average Bonchev–Trinajstić information content (AvgIpc) is 3.08. The summed E-state index contributed by atoms with van der Waals surface area (Å²) in [6.45, 7) is 2.06. The van der Waals surface area contributed by atoms with Crippen molar-refractivity contribution in [2.75, 3.05) is 6.79 Å². The fourth-order valence-corrected chi connectivity index (χ4v) is 2.37. The van der Waals surface area contributed by atoms with E-state index in [-0.39, 0.29) is 19.1 Å². The van der Waals surface area contributed by atoms with Gasteiger partial charge in [0.2, 0.25) is 12.7 Å². The molecule has 0 bridgehead atoms. The van der Waals surface area contributed by atoms with E-state index in [2.05, 4.69) is 10.5 Å². The lowest BCUT2D eigenvalue weighted by atomic mass is 10.1. The highest BCUT2D eigenvalue weighted by Gasteiger charge is 2.12. The van der Waals surface area contributed by atoms with Crippen molar-refractivity contribution in [2.45, 2.75) is 13.3 Å². The minimum absolute atomic E-state index is 0.182. The molecule has 1 amide bonds. The molecule has 1 heterocycles. The quantitative estimate of drug-likeness (QED) is 0.654. The third-order valence-corrected chi connectivity index (χ3v) is 3.80. The lowest BCUT2D eigenvalue weighted by molar-refractivity contribution is -0.120. The standard InChI is InChI=1S/C19H17ClN2O3/c1-13(2-3-14-6-9-17-18(10-14)25-12-24-17)21-22-19(23)11-15-4-7-16(20)8-5-15/h2-10H,11-12H2,1H3,(H,22,23)/b3-2+,21-13+. The van der Waals surface area contributed by atoms with Gasteiger partial charge in [-0.15, -0.1) is 0 Å². The SMILES string of the molecule is CC(/C=C/c1ccc2c(c1)OCO2)=N\NC(=O)Cc1ccc(Cl)cc1. The van der Waals surface area contributed by atoms with Crippen molar-refractivity contribution in [3.8, 4) is 11.5 Å². The second-order valence-electron chi connectivity index (χ2n) is 5.54. The Morgan fingerprint density at radius 2 is 1.96 bits per heavy atom. The van der Waals surface area contributed by atoms with Crippen LogP contribution in [0.15, 0.2) is 53.6 Å². The van der Waals surface area contributed by atoms with E-state index < -0.39 is 0 Å². The molecule has 25 heavy (non-hydrogen) atoms. The maximum Gasteiger partial charge on any atom is 0.244 e. The van der Waals surface area contributed by atoms with Crippen molar-refractivity contribution in [3.05, 3.63) is 64.7 Å². The molecule has 3 rings (SSSR count). The van der Waals surface area contributed by atoms with E-state index in [9.17, 15) is 4.79 Å². The Balaban J connectivity index is 1.54. The maximum absolute atomic E-state index is 11.9. The largest absolute Gasteiger partial charge is 0.454 e. The van der Waals surface area contributed by atoms with Crippen molar-refractivity contribution >= 4 is 29.3 Å². The Morgan fingerprint density at radius 3 is 2.76 bits per heavy atom. The Labute approximate surface area is 150 Å². The van der Waals surface area contributed by atoms with E-state index >= 15 is 0 Å². The minimum atomic E-state index is -0.182. The first-order valence-corrected chi connectivity index (χ1v) is 8.13. The molecular formula is C19H17ClN2O3. The fourth-order valence-electron chi connectivity index (χ4n) is 2.25. The van der Waals surface area contributed by atoms with Gasteiger partial charge in [0.15, 0.2) is 11.5 Å². The Morgan fingerprint density at radius 1 is 1.20 bits per heavy atom. The number of halogens is 1. The second kappa shape index (κ2) is 7.85. The number of nitrogens with one attached hydrogen (secondary N) is 1. The first-order valence-electron chi connectivity index (χ1n) is 7.75. The molecule has 1 aliphatic rings. The van der Waals surface area contributed by atoms with E-state index in [1.165, 1.54) is 0 Å². The number of allylic oxidation sites excluding steroid dienone is 1. The van der Waals surface area contributed by atoms with E-state index in [1.807, 2.05) is 49.4 Å². The lowest BCUT2D eigenvalue weighted by Gasteiger charge is -2.01. The Bertz CT molecular complexity index is 829. The van der Waals surface area contributed by atoms with Crippen LogP contribution in [0, 0.1) is 0 Å². The molecule has 0 saturated heterocycles. The smallest absolute Gasteiger partial charge is 0.244 e. The van der Waals surface area contributed by atoms with Gasteiger partial charge in [-0.25, -0.2) is 5.43 Å². The summed E-state index contributed by atoms with van der Waals surface area (Å²) in [6.07, 6.45) is 3.96. The number of fused-ring (bicyclic) bond motifs is 1. The molecule has 1 N–H and O–H groups in total. The molecule has 0 aromatic heterocycles. The zero-order valence-electron chi connectivity index (χ0n) is 13.7. The summed E-state index contributed by atoms with van der Waals surface area (Å²) < 4.78 is 10.6. The van der Waals surface area contributed by atoms with Crippen LogP contribution in [-0.2, 0) is 11.2 Å². The topological polar surface area (TPSA) is 59.9 Å². The summed E-state index contributed by atoms with van der Waals surface area (Å²) in [5.74, 6) is 1.29. The molecule has 0 atom stereocenters. The van der Waals surface area contributed by atoms with Gasteiger partial charge in [-0.05, 0) is 48.4 Å². The summed E-state index contributed by atoms with van der Waals surface area (Å²) in [7, 11) is 0. The molecule has 0 aliphatic carbocycles. The highest BCUT2D eigenvalue weighted by molar-refractivity contribution is 6.30. The van der Waals surface area contributed by atoms with Crippen LogP contribution in [0.1, 0.15) is 18.1 Å². The van der Waals surface area contributed by atoms with Gasteiger partial charge in [-0.1, -0.05) is 35.9 Å².